The molecule has 1 aliphatic carbocycles. The minimum absolute atomic E-state index is 0.0682. The number of carboxylic acids is 1. The molecule has 0 saturated carbocycles. The summed E-state index contributed by atoms with van der Waals surface area (Å²) in [4.78, 5) is 35.2. The SMILES string of the molecule is O=C(O)/C=C/C(=O)Nc1ccc2c(=O)c3c(oc2c1)/C(=C/c1ccccc1)CC3. The minimum atomic E-state index is -1.21. The molecule has 2 N–H and O–H groups in total. The van der Waals surface area contributed by atoms with Crippen molar-refractivity contribution in [3.63, 3.8) is 0 Å². The summed E-state index contributed by atoms with van der Waals surface area (Å²) < 4.78 is 6.06. The van der Waals surface area contributed by atoms with Crippen LogP contribution in [0.4, 0.5) is 5.69 Å². The number of nitrogens with one attached hydrogen (secondary N) is 1. The van der Waals surface area contributed by atoms with Gasteiger partial charge in [-0.25, -0.2) is 4.79 Å². The fourth-order valence-electron chi connectivity index (χ4n) is 3.39. The molecular weight excluding hydrogens is 370 g/mol. The van der Waals surface area contributed by atoms with Crippen molar-refractivity contribution in [2.75, 3.05) is 5.32 Å². The predicted octanol–water partition coefficient (Wildman–Crippen LogP) is 3.86. The van der Waals surface area contributed by atoms with Crippen LogP contribution in [0.5, 0.6) is 0 Å². The van der Waals surface area contributed by atoms with E-state index >= 15 is 0 Å². The molecule has 0 spiro atoms. The summed E-state index contributed by atoms with van der Waals surface area (Å²) in [6.45, 7) is 0. The van der Waals surface area contributed by atoms with Crippen LogP contribution in [0.2, 0.25) is 0 Å². The van der Waals surface area contributed by atoms with E-state index in [9.17, 15) is 14.4 Å². The van der Waals surface area contributed by atoms with Crippen LogP contribution in [-0.4, -0.2) is 17.0 Å². The maximum Gasteiger partial charge on any atom is 0.328 e. The van der Waals surface area contributed by atoms with Crippen molar-refractivity contribution < 1.29 is 19.1 Å². The van der Waals surface area contributed by atoms with Gasteiger partial charge in [-0.3, -0.25) is 9.59 Å². The second kappa shape index (κ2) is 7.59. The first-order chi connectivity index (χ1) is 14.0. The van der Waals surface area contributed by atoms with E-state index in [-0.39, 0.29) is 5.43 Å². The van der Waals surface area contributed by atoms with E-state index in [1.54, 1.807) is 18.2 Å². The molecular formula is C23H17NO5. The Morgan fingerprint density at radius 1 is 1.03 bits per heavy atom. The largest absolute Gasteiger partial charge is 0.478 e. The highest BCUT2D eigenvalue weighted by Gasteiger charge is 2.24. The number of benzene rings is 2. The Kier molecular flexibility index (Phi) is 4.83. The van der Waals surface area contributed by atoms with Crippen molar-refractivity contribution in [3.05, 3.63) is 87.8 Å². The van der Waals surface area contributed by atoms with Gasteiger partial charge in [0.25, 0.3) is 0 Å². The van der Waals surface area contributed by atoms with E-state index < -0.39 is 11.9 Å². The molecule has 1 amide bonds. The van der Waals surface area contributed by atoms with E-state index in [1.807, 2.05) is 36.4 Å². The Balaban J connectivity index is 1.72. The molecule has 0 bridgehead atoms. The van der Waals surface area contributed by atoms with Crippen molar-refractivity contribution in [2.45, 2.75) is 12.8 Å². The molecule has 0 radical (unpaired) electrons. The van der Waals surface area contributed by atoms with Gasteiger partial charge in [0.15, 0.2) is 5.43 Å². The normalized spacial score (nSPS) is 14.4. The highest BCUT2D eigenvalue weighted by molar-refractivity contribution is 6.03. The lowest BCUT2D eigenvalue weighted by Gasteiger charge is -2.07. The highest BCUT2D eigenvalue weighted by atomic mass is 16.4. The van der Waals surface area contributed by atoms with Crippen LogP contribution in [0.15, 0.2) is 69.9 Å². The van der Waals surface area contributed by atoms with Gasteiger partial charge in [-0.2, -0.15) is 0 Å². The van der Waals surface area contributed by atoms with Crippen LogP contribution in [0.3, 0.4) is 0 Å². The van der Waals surface area contributed by atoms with E-state index in [1.165, 1.54) is 0 Å². The molecule has 0 unspecified atom stereocenters. The number of carboxylic acid groups (broad SMARTS) is 1. The molecule has 4 rings (SSSR count). The molecule has 144 valence electrons. The van der Waals surface area contributed by atoms with Crippen LogP contribution in [-0.2, 0) is 16.0 Å². The summed E-state index contributed by atoms with van der Waals surface area (Å²) >= 11 is 0. The quantitative estimate of drug-likeness (QED) is 0.663. The Bertz CT molecular complexity index is 1240. The second-order valence-corrected chi connectivity index (χ2v) is 6.69. The molecule has 0 fully saturated rings. The Labute approximate surface area is 165 Å². The maximum absolute atomic E-state index is 12.9. The molecule has 0 aliphatic heterocycles. The zero-order valence-corrected chi connectivity index (χ0v) is 15.3. The third-order valence-electron chi connectivity index (χ3n) is 4.71. The first-order valence-electron chi connectivity index (χ1n) is 9.09. The van der Waals surface area contributed by atoms with Crippen molar-refractivity contribution in [2.24, 2.45) is 0 Å². The minimum Gasteiger partial charge on any atom is -0.478 e. The van der Waals surface area contributed by atoms with Gasteiger partial charge >= 0.3 is 5.97 Å². The summed E-state index contributed by atoms with van der Waals surface area (Å²) in [6.07, 6.45) is 5.05. The molecule has 29 heavy (non-hydrogen) atoms. The van der Waals surface area contributed by atoms with Gasteiger partial charge in [0.1, 0.15) is 11.3 Å². The average molecular weight is 387 g/mol. The van der Waals surface area contributed by atoms with Gasteiger partial charge in [0, 0.05) is 29.5 Å². The van der Waals surface area contributed by atoms with Crippen LogP contribution < -0.4 is 10.7 Å². The van der Waals surface area contributed by atoms with Gasteiger partial charge in [-0.15, -0.1) is 0 Å². The van der Waals surface area contributed by atoms with Crippen molar-refractivity contribution in [3.8, 4) is 0 Å². The maximum atomic E-state index is 12.9. The average Bonchev–Trinajstić information content (AvgIpc) is 3.10. The fraction of sp³-hybridized carbons (Fsp3) is 0.0870. The van der Waals surface area contributed by atoms with E-state index in [2.05, 4.69) is 5.32 Å². The third-order valence-corrected chi connectivity index (χ3v) is 4.71. The standard InChI is InChI=1S/C23H17NO5/c25-20(10-11-21(26)27)24-16-7-9-17-19(13-16)29-23-15(6-8-18(23)22(17)28)12-14-4-2-1-3-5-14/h1-5,7,9-13H,6,8H2,(H,24,25)(H,26,27)/b11-10+,15-12+. The number of carbonyl (C=O) groups is 2. The molecule has 0 atom stereocenters. The van der Waals surface area contributed by atoms with Crippen molar-refractivity contribution >= 4 is 40.2 Å². The zero-order chi connectivity index (χ0) is 20.4. The second-order valence-electron chi connectivity index (χ2n) is 6.69. The first kappa shape index (κ1) is 18.4. The zero-order valence-electron chi connectivity index (χ0n) is 15.3. The van der Waals surface area contributed by atoms with E-state index in [0.29, 0.717) is 34.4 Å². The number of carbonyl (C=O) groups excluding carboxylic acids is 1. The number of allylic oxidation sites excluding steroid dienone is 1. The summed E-state index contributed by atoms with van der Waals surface area (Å²) in [7, 11) is 0. The molecule has 6 heteroatoms. The topological polar surface area (TPSA) is 96.6 Å². The van der Waals surface area contributed by atoms with Gasteiger partial charge < -0.3 is 14.8 Å². The van der Waals surface area contributed by atoms with Gasteiger partial charge in [-0.05, 0) is 42.2 Å². The lowest BCUT2D eigenvalue weighted by atomic mass is 10.1. The van der Waals surface area contributed by atoms with Crippen LogP contribution >= 0.6 is 0 Å². The van der Waals surface area contributed by atoms with Gasteiger partial charge in [0.2, 0.25) is 5.91 Å². The number of anilines is 1. The monoisotopic (exact) mass is 387 g/mol. The number of amides is 1. The number of rotatable bonds is 4. The van der Waals surface area contributed by atoms with E-state index in [0.717, 1.165) is 29.7 Å². The molecule has 2 aromatic carbocycles. The first-order valence-corrected chi connectivity index (χ1v) is 9.09. The molecule has 1 aromatic heterocycles. The Morgan fingerprint density at radius 3 is 2.59 bits per heavy atom. The van der Waals surface area contributed by atoms with E-state index in [4.69, 9.17) is 9.52 Å². The number of hydrogen-bond donors (Lipinski definition) is 2. The van der Waals surface area contributed by atoms with Gasteiger partial charge in [-0.1, -0.05) is 30.3 Å². The van der Waals surface area contributed by atoms with Crippen molar-refractivity contribution in [1.82, 2.24) is 0 Å². The fourth-order valence-corrected chi connectivity index (χ4v) is 3.39. The third kappa shape index (κ3) is 3.87. The van der Waals surface area contributed by atoms with Crippen molar-refractivity contribution in [1.29, 1.82) is 0 Å². The number of hydrogen-bond acceptors (Lipinski definition) is 4. The van der Waals surface area contributed by atoms with Crippen LogP contribution in [0.25, 0.3) is 22.6 Å². The summed E-state index contributed by atoms with van der Waals surface area (Å²) in [5.41, 5.74) is 3.37. The highest BCUT2D eigenvalue weighted by Crippen LogP contribution is 2.34. The Hall–Kier alpha value is -3.93. The molecule has 3 aromatic rings. The molecule has 0 saturated heterocycles. The van der Waals surface area contributed by atoms with Crippen LogP contribution in [0.1, 0.15) is 23.3 Å². The van der Waals surface area contributed by atoms with Gasteiger partial charge in [0.05, 0.1) is 5.39 Å². The number of aliphatic carboxylic acids is 1. The molecule has 6 nitrogen and oxygen atoms in total. The summed E-state index contributed by atoms with van der Waals surface area (Å²) in [5, 5.41) is 11.6. The Morgan fingerprint density at radius 2 is 1.83 bits per heavy atom. The molecule has 1 aliphatic rings. The lowest BCUT2D eigenvalue weighted by molar-refractivity contribution is -0.131. The summed E-state index contributed by atoms with van der Waals surface area (Å²) in [5.74, 6) is -1.21. The van der Waals surface area contributed by atoms with Crippen LogP contribution in [0, 0.1) is 0 Å². The predicted molar refractivity (Wildman–Crippen MR) is 111 cm³/mol. The lowest BCUT2D eigenvalue weighted by Crippen LogP contribution is -2.11. The molecule has 1 heterocycles. The number of fused-ring (bicyclic) bond motifs is 2. The smallest absolute Gasteiger partial charge is 0.328 e. The summed E-state index contributed by atoms with van der Waals surface area (Å²) in [6, 6.07) is 14.6.